The minimum absolute atomic E-state index is 0.0441. The fraction of sp³-hybridized carbons (Fsp3) is 0.278. The van der Waals surface area contributed by atoms with Gasteiger partial charge in [0.15, 0.2) is 0 Å². The number of hydrogen-bond acceptors (Lipinski definition) is 4. The Morgan fingerprint density at radius 1 is 1.28 bits per heavy atom. The summed E-state index contributed by atoms with van der Waals surface area (Å²) in [4.78, 5) is 29.7. The molecule has 0 saturated heterocycles. The van der Waals surface area contributed by atoms with E-state index in [9.17, 15) is 9.59 Å². The van der Waals surface area contributed by atoms with E-state index >= 15 is 0 Å². The van der Waals surface area contributed by atoms with E-state index < -0.39 is 6.04 Å². The van der Waals surface area contributed by atoms with Crippen LogP contribution in [0.2, 0.25) is 5.02 Å². The Hall–Kier alpha value is -2.60. The molecule has 1 aromatic carbocycles. The molecule has 2 aromatic rings. The molecule has 1 aliphatic heterocycles. The Morgan fingerprint density at radius 3 is 2.76 bits per heavy atom. The number of anilines is 3. The first kappa shape index (κ1) is 17.2. The van der Waals surface area contributed by atoms with Gasteiger partial charge in [-0.05, 0) is 49.2 Å². The zero-order chi connectivity index (χ0) is 18.0. The van der Waals surface area contributed by atoms with Crippen LogP contribution in [0, 0.1) is 0 Å². The summed E-state index contributed by atoms with van der Waals surface area (Å²) >= 11 is 5.78. The van der Waals surface area contributed by atoms with Crippen LogP contribution in [0.5, 0.6) is 0 Å². The molecule has 6 nitrogen and oxygen atoms in total. The molecule has 1 aromatic heterocycles. The largest absolute Gasteiger partial charge is 0.374 e. The lowest BCUT2D eigenvalue weighted by atomic mass is 10.1. The minimum atomic E-state index is -0.444. The molecule has 2 heterocycles. The average molecular weight is 359 g/mol. The molecule has 0 saturated carbocycles. The maximum atomic E-state index is 12.3. The standard InChI is InChI=1S/C18H19ClN4O2/c1-11(18(25)22-17-6-3-14(19)10-20-17)21-15-4-5-16-13(9-15)7-8-23(16)12(2)24/h3-6,9-11,21H,7-8H2,1-2H3,(H,20,22,25)/t11-/m1/s1. The third kappa shape index (κ3) is 3.91. The number of nitrogens with one attached hydrogen (secondary N) is 2. The third-order valence-electron chi connectivity index (χ3n) is 4.11. The van der Waals surface area contributed by atoms with Crippen LogP contribution in [0.3, 0.4) is 0 Å². The minimum Gasteiger partial charge on any atom is -0.374 e. The highest BCUT2D eigenvalue weighted by molar-refractivity contribution is 6.30. The van der Waals surface area contributed by atoms with Gasteiger partial charge in [-0.3, -0.25) is 9.59 Å². The van der Waals surface area contributed by atoms with Crippen molar-refractivity contribution in [2.45, 2.75) is 26.3 Å². The molecule has 0 unspecified atom stereocenters. The number of carbonyl (C=O) groups excluding carboxylic acids is 2. The molecular weight excluding hydrogens is 340 g/mol. The summed E-state index contributed by atoms with van der Waals surface area (Å²) in [6.45, 7) is 4.05. The maximum Gasteiger partial charge on any atom is 0.247 e. The average Bonchev–Trinajstić information content (AvgIpc) is 3.00. The first-order chi connectivity index (χ1) is 11.9. The number of benzene rings is 1. The molecule has 0 bridgehead atoms. The van der Waals surface area contributed by atoms with E-state index in [2.05, 4.69) is 15.6 Å². The topological polar surface area (TPSA) is 74.3 Å². The summed E-state index contributed by atoms with van der Waals surface area (Å²) in [5, 5.41) is 6.43. The molecule has 2 amide bonds. The van der Waals surface area contributed by atoms with Crippen LogP contribution in [0.4, 0.5) is 17.2 Å². The van der Waals surface area contributed by atoms with Gasteiger partial charge in [-0.25, -0.2) is 4.98 Å². The highest BCUT2D eigenvalue weighted by Gasteiger charge is 2.22. The second-order valence-corrected chi connectivity index (χ2v) is 6.42. The van der Waals surface area contributed by atoms with Crippen LogP contribution < -0.4 is 15.5 Å². The van der Waals surface area contributed by atoms with Crippen LogP contribution in [-0.2, 0) is 16.0 Å². The smallest absolute Gasteiger partial charge is 0.247 e. The number of halogens is 1. The van der Waals surface area contributed by atoms with Gasteiger partial charge in [0, 0.05) is 31.0 Å². The van der Waals surface area contributed by atoms with Crippen molar-refractivity contribution in [1.82, 2.24) is 4.98 Å². The summed E-state index contributed by atoms with van der Waals surface area (Å²) in [6, 6.07) is 8.66. The van der Waals surface area contributed by atoms with Crippen molar-refractivity contribution in [1.29, 1.82) is 0 Å². The number of hydrogen-bond donors (Lipinski definition) is 2. The van der Waals surface area contributed by atoms with E-state index in [-0.39, 0.29) is 11.8 Å². The van der Waals surface area contributed by atoms with Crippen LogP contribution in [0.1, 0.15) is 19.4 Å². The van der Waals surface area contributed by atoms with Crippen LogP contribution in [0.15, 0.2) is 36.5 Å². The number of carbonyl (C=O) groups is 2. The summed E-state index contributed by atoms with van der Waals surface area (Å²) in [7, 11) is 0. The quantitative estimate of drug-likeness (QED) is 0.880. The molecule has 3 rings (SSSR count). The van der Waals surface area contributed by atoms with Crippen LogP contribution in [0.25, 0.3) is 0 Å². The van der Waals surface area contributed by atoms with Gasteiger partial charge >= 0.3 is 0 Å². The monoisotopic (exact) mass is 358 g/mol. The van der Waals surface area contributed by atoms with E-state index in [1.54, 1.807) is 30.9 Å². The Kier molecular flexibility index (Phi) is 4.90. The summed E-state index contributed by atoms with van der Waals surface area (Å²) in [5.74, 6) is 0.303. The highest BCUT2D eigenvalue weighted by atomic mass is 35.5. The zero-order valence-electron chi connectivity index (χ0n) is 14.0. The van der Waals surface area contributed by atoms with Gasteiger partial charge < -0.3 is 15.5 Å². The van der Waals surface area contributed by atoms with Gasteiger partial charge in [-0.1, -0.05) is 11.6 Å². The van der Waals surface area contributed by atoms with Crippen molar-refractivity contribution >= 4 is 40.6 Å². The fourth-order valence-corrected chi connectivity index (χ4v) is 2.93. The lowest BCUT2D eigenvalue weighted by Crippen LogP contribution is -2.32. The van der Waals surface area contributed by atoms with Gasteiger partial charge in [0.05, 0.1) is 5.02 Å². The lowest BCUT2D eigenvalue weighted by molar-refractivity contribution is -0.117. The first-order valence-corrected chi connectivity index (χ1v) is 8.42. The van der Waals surface area contributed by atoms with E-state index in [4.69, 9.17) is 11.6 Å². The maximum absolute atomic E-state index is 12.3. The van der Waals surface area contributed by atoms with Gasteiger partial charge in [-0.15, -0.1) is 0 Å². The SMILES string of the molecule is CC(=O)N1CCc2cc(N[C@H](C)C(=O)Nc3ccc(Cl)cn3)ccc21. The van der Waals surface area contributed by atoms with Gasteiger partial charge in [0.25, 0.3) is 0 Å². The Morgan fingerprint density at radius 2 is 2.08 bits per heavy atom. The van der Waals surface area contributed by atoms with E-state index in [0.29, 0.717) is 17.4 Å². The third-order valence-corrected chi connectivity index (χ3v) is 4.33. The molecule has 25 heavy (non-hydrogen) atoms. The van der Waals surface area contributed by atoms with Gasteiger partial charge in [0.2, 0.25) is 11.8 Å². The number of pyridine rings is 1. The second kappa shape index (κ2) is 7.11. The fourth-order valence-electron chi connectivity index (χ4n) is 2.82. The highest BCUT2D eigenvalue weighted by Crippen LogP contribution is 2.30. The van der Waals surface area contributed by atoms with E-state index in [0.717, 1.165) is 23.4 Å². The lowest BCUT2D eigenvalue weighted by Gasteiger charge is -2.17. The van der Waals surface area contributed by atoms with Crippen molar-refractivity contribution in [2.75, 3.05) is 22.1 Å². The van der Waals surface area contributed by atoms with Crippen LogP contribution >= 0.6 is 11.6 Å². The summed E-state index contributed by atoms with van der Waals surface area (Å²) < 4.78 is 0. The molecule has 0 spiro atoms. The number of amides is 2. The first-order valence-electron chi connectivity index (χ1n) is 8.04. The van der Waals surface area contributed by atoms with Crippen molar-refractivity contribution in [3.8, 4) is 0 Å². The van der Waals surface area contributed by atoms with E-state index in [1.807, 2.05) is 18.2 Å². The molecule has 1 atom stereocenters. The molecule has 1 aliphatic rings. The van der Waals surface area contributed by atoms with Crippen molar-refractivity contribution < 1.29 is 9.59 Å². The number of rotatable bonds is 4. The summed E-state index contributed by atoms with van der Waals surface area (Å²) in [6.07, 6.45) is 2.30. The van der Waals surface area contributed by atoms with Gasteiger partial charge in [-0.2, -0.15) is 0 Å². The van der Waals surface area contributed by atoms with Gasteiger partial charge in [0.1, 0.15) is 11.9 Å². The van der Waals surface area contributed by atoms with Crippen molar-refractivity contribution in [3.63, 3.8) is 0 Å². The number of aromatic nitrogens is 1. The van der Waals surface area contributed by atoms with Crippen LogP contribution in [-0.4, -0.2) is 29.4 Å². The Bertz CT molecular complexity index is 807. The normalized spacial score (nSPS) is 14.0. The molecule has 130 valence electrons. The predicted molar refractivity (Wildman–Crippen MR) is 99.1 cm³/mol. The molecular formula is C18H19ClN4O2. The molecule has 7 heteroatoms. The zero-order valence-corrected chi connectivity index (χ0v) is 14.8. The second-order valence-electron chi connectivity index (χ2n) is 5.98. The molecule has 0 radical (unpaired) electrons. The number of fused-ring (bicyclic) bond motifs is 1. The number of nitrogens with zero attached hydrogens (tertiary/aromatic N) is 2. The Balaban J connectivity index is 1.65. The molecule has 0 fully saturated rings. The van der Waals surface area contributed by atoms with Crippen molar-refractivity contribution in [3.05, 3.63) is 47.1 Å². The van der Waals surface area contributed by atoms with E-state index in [1.165, 1.54) is 6.20 Å². The Labute approximate surface area is 151 Å². The molecule has 2 N–H and O–H groups in total. The summed E-state index contributed by atoms with van der Waals surface area (Å²) in [5.41, 5.74) is 2.89. The van der Waals surface area contributed by atoms with Crippen molar-refractivity contribution in [2.24, 2.45) is 0 Å². The molecule has 0 aliphatic carbocycles. The predicted octanol–water partition coefficient (Wildman–Crippen LogP) is 3.08.